The minimum absolute atomic E-state index is 0.133. The van der Waals surface area contributed by atoms with Gasteiger partial charge >= 0.3 is 0 Å². The number of hydrogen-bond acceptors (Lipinski definition) is 2. The fraction of sp³-hybridized carbons (Fsp3) is 0.600. The van der Waals surface area contributed by atoms with Crippen molar-refractivity contribution in [3.05, 3.63) is 11.6 Å². The summed E-state index contributed by atoms with van der Waals surface area (Å²) in [4.78, 5) is 23.8. The SMILES string of the molecule is CCCC(C)C1=CC(=O)N(C)C1=O. The lowest BCUT2D eigenvalue weighted by atomic mass is 9.97. The lowest BCUT2D eigenvalue weighted by Crippen LogP contribution is -2.27. The zero-order valence-electron chi connectivity index (χ0n) is 8.33. The second kappa shape index (κ2) is 3.73. The summed E-state index contributed by atoms with van der Waals surface area (Å²) in [6, 6.07) is 0. The highest BCUT2D eigenvalue weighted by atomic mass is 16.2. The van der Waals surface area contributed by atoms with Crippen molar-refractivity contribution in [1.82, 2.24) is 4.90 Å². The van der Waals surface area contributed by atoms with Gasteiger partial charge in [-0.1, -0.05) is 20.3 Å². The van der Waals surface area contributed by atoms with E-state index in [2.05, 4.69) is 6.92 Å². The monoisotopic (exact) mass is 181 g/mol. The van der Waals surface area contributed by atoms with Crippen LogP contribution in [0, 0.1) is 5.92 Å². The molecule has 1 aliphatic rings. The number of carbonyl (C=O) groups is 2. The molecule has 0 fully saturated rings. The van der Waals surface area contributed by atoms with Crippen LogP contribution in [0.4, 0.5) is 0 Å². The van der Waals surface area contributed by atoms with Gasteiger partial charge in [-0.05, 0) is 12.3 Å². The summed E-state index contributed by atoms with van der Waals surface area (Å²) in [6.45, 7) is 4.06. The fourth-order valence-corrected chi connectivity index (χ4v) is 1.53. The maximum absolute atomic E-state index is 11.5. The lowest BCUT2D eigenvalue weighted by Gasteiger charge is -2.11. The maximum atomic E-state index is 11.5. The third-order valence-electron chi connectivity index (χ3n) is 2.41. The summed E-state index contributed by atoms with van der Waals surface area (Å²) < 4.78 is 0. The number of hydrogen-bond donors (Lipinski definition) is 0. The summed E-state index contributed by atoms with van der Waals surface area (Å²) in [5.41, 5.74) is 0.661. The van der Waals surface area contributed by atoms with E-state index < -0.39 is 0 Å². The smallest absolute Gasteiger partial charge is 0.256 e. The molecule has 1 rings (SSSR count). The Hall–Kier alpha value is -1.12. The zero-order chi connectivity index (χ0) is 10.0. The molecule has 0 aromatic heterocycles. The van der Waals surface area contributed by atoms with Crippen LogP contribution in [-0.4, -0.2) is 23.8 Å². The molecular formula is C10H15NO2. The second-order valence-corrected chi connectivity index (χ2v) is 3.49. The van der Waals surface area contributed by atoms with Gasteiger partial charge in [-0.25, -0.2) is 0 Å². The second-order valence-electron chi connectivity index (χ2n) is 3.49. The molecule has 0 aromatic rings. The molecule has 0 saturated heterocycles. The van der Waals surface area contributed by atoms with E-state index >= 15 is 0 Å². The summed E-state index contributed by atoms with van der Waals surface area (Å²) in [5.74, 6) is -0.125. The van der Waals surface area contributed by atoms with Gasteiger partial charge in [-0.3, -0.25) is 14.5 Å². The highest BCUT2D eigenvalue weighted by Crippen LogP contribution is 2.22. The summed E-state index contributed by atoms with van der Waals surface area (Å²) >= 11 is 0. The lowest BCUT2D eigenvalue weighted by molar-refractivity contribution is -0.135. The van der Waals surface area contributed by atoms with E-state index in [4.69, 9.17) is 0 Å². The Morgan fingerprint density at radius 1 is 1.46 bits per heavy atom. The first kappa shape index (κ1) is 9.96. The van der Waals surface area contributed by atoms with E-state index in [-0.39, 0.29) is 17.7 Å². The van der Waals surface area contributed by atoms with Gasteiger partial charge in [0.25, 0.3) is 11.8 Å². The van der Waals surface area contributed by atoms with Crippen molar-refractivity contribution in [3.8, 4) is 0 Å². The van der Waals surface area contributed by atoms with Crippen molar-refractivity contribution in [3.63, 3.8) is 0 Å². The van der Waals surface area contributed by atoms with Crippen molar-refractivity contribution in [1.29, 1.82) is 0 Å². The van der Waals surface area contributed by atoms with Gasteiger partial charge in [0.15, 0.2) is 0 Å². The molecular weight excluding hydrogens is 166 g/mol. The third kappa shape index (κ3) is 1.79. The van der Waals surface area contributed by atoms with Crippen LogP contribution in [0.5, 0.6) is 0 Å². The summed E-state index contributed by atoms with van der Waals surface area (Å²) in [7, 11) is 1.52. The van der Waals surface area contributed by atoms with Gasteiger partial charge in [0, 0.05) is 18.7 Å². The molecule has 72 valence electrons. The fourth-order valence-electron chi connectivity index (χ4n) is 1.53. The number of carbonyl (C=O) groups excluding carboxylic acids is 2. The van der Waals surface area contributed by atoms with E-state index in [0.717, 1.165) is 12.8 Å². The molecule has 3 heteroatoms. The highest BCUT2D eigenvalue weighted by molar-refractivity contribution is 6.16. The molecule has 0 radical (unpaired) electrons. The average Bonchev–Trinajstić information content (AvgIpc) is 2.33. The molecule has 0 spiro atoms. The topological polar surface area (TPSA) is 37.4 Å². The van der Waals surface area contributed by atoms with Crippen LogP contribution < -0.4 is 0 Å². The molecule has 0 bridgehead atoms. The average molecular weight is 181 g/mol. The van der Waals surface area contributed by atoms with E-state index in [9.17, 15) is 9.59 Å². The maximum Gasteiger partial charge on any atom is 0.256 e. The Bertz CT molecular complexity index is 268. The Morgan fingerprint density at radius 2 is 2.08 bits per heavy atom. The van der Waals surface area contributed by atoms with Gasteiger partial charge < -0.3 is 0 Å². The van der Waals surface area contributed by atoms with Gasteiger partial charge in [0.1, 0.15) is 0 Å². The van der Waals surface area contributed by atoms with Crippen molar-refractivity contribution in [2.24, 2.45) is 5.92 Å². The molecule has 3 nitrogen and oxygen atoms in total. The molecule has 1 atom stereocenters. The number of nitrogens with zero attached hydrogens (tertiary/aromatic N) is 1. The zero-order valence-corrected chi connectivity index (χ0v) is 8.33. The van der Waals surface area contributed by atoms with Crippen molar-refractivity contribution >= 4 is 11.8 Å². The Kier molecular flexibility index (Phi) is 2.86. The molecule has 1 aliphatic heterocycles. The standard InChI is InChI=1S/C10H15NO2/c1-4-5-7(2)8-6-9(12)11(3)10(8)13/h6-7H,4-5H2,1-3H3. The molecule has 0 aliphatic carbocycles. The van der Waals surface area contributed by atoms with Crippen LogP contribution in [0.1, 0.15) is 26.7 Å². The van der Waals surface area contributed by atoms with E-state index in [0.29, 0.717) is 5.57 Å². The molecule has 1 heterocycles. The van der Waals surface area contributed by atoms with Crippen molar-refractivity contribution in [2.45, 2.75) is 26.7 Å². The first-order valence-electron chi connectivity index (χ1n) is 4.61. The molecule has 0 saturated carbocycles. The minimum atomic E-state index is -0.192. The molecule has 1 unspecified atom stereocenters. The molecule has 13 heavy (non-hydrogen) atoms. The van der Waals surface area contributed by atoms with E-state index in [1.165, 1.54) is 18.0 Å². The Morgan fingerprint density at radius 3 is 2.46 bits per heavy atom. The first-order valence-corrected chi connectivity index (χ1v) is 4.61. The normalized spacial score (nSPS) is 19.3. The van der Waals surface area contributed by atoms with Gasteiger partial charge in [-0.2, -0.15) is 0 Å². The summed E-state index contributed by atoms with van der Waals surface area (Å²) in [5, 5.41) is 0. The van der Waals surface area contributed by atoms with Crippen LogP contribution in [-0.2, 0) is 9.59 Å². The van der Waals surface area contributed by atoms with E-state index in [1.807, 2.05) is 6.92 Å². The van der Waals surface area contributed by atoms with Gasteiger partial charge in [-0.15, -0.1) is 0 Å². The largest absolute Gasteiger partial charge is 0.278 e. The first-order chi connectivity index (χ1) is 6.07. The molecule has 0 aromatic carbocycles. The highest BCUT2D eigenvalue weighted by Gasteiger charge is 2.30. The van der Waals surface area contributed by atoms with Crippen LogP contribution in [0.15, 0.2) is 11.6 Å². The predicted octanol–water partition coefficient (Wildman–Crippen LogP) is 1.35. The van der Waals surface area contributed by atoms with Gasteiger partial charge in [0.05, 0.1) is 0 Å². The van der Waals surface area contributed by atoms with E-state index in [1.54, 1.807) is 0 Å². The Labute approximate surface area is 78.4 Å². The van der Waals surface area contributed by atoms with Crippen LogP contribution in [0.25, 0.3) is 0 Å². The van der Waals surface area contributed by atoms with Crippen LogP contribution in [0.3, 0.4) is 0 Å². The predicted molar refractivity (Wildman–Crippen MR) is 49.9 cm³/mol. The number of amides is 2. The number of rotatable bonds is 3. The number of imide groups is 1. The minimum Gasteiger partial charge on any atom is -0.278 e. The molecule has 2 amide bonds. The number of likely N-dealkylation sites (N-methyl/N-ethyl adjacent to an activating group) is 1. The van der Waals surface area contributed by atoms with Crippen molar-refractivity contribution < 1.29 is 9.59 Å². The van der Waals surface area contributed by atoms with Gasteiger partial charge in [0.2, 0.25) is 0 Å². The Balaban J connectivity index is 2.76. The third-order valence-corrected chi connectivity index (χ3v) is 2.41. The summed E-state index contributed by atoms with van der Waals surface area (Å²) in [6.07, 6.45) is 3.45. The van der Waals surface area contributed by atoms with Crippen LogP contribution >= 0.6 is 0 Å². The van der Waals surface area contributed by atoms with Crippen LogP contribution in [0.2, 0.25) is 0 Å². The molecule has 0 N–H and O–H groups in total. The van der Waals surface area contributed by atoms with Crippen molar-refractivity contribution in [2.75, 3.05) is 7.05 Å². The quantitative estimate of drug-likeness (QED) is 0.616.